The minimum absolute atomic E-state index is 0.0790. The molecule has 6 nitrogen and oxygen atoms in total. The van der Waals surface area contributed by atoms with Crippen molar-refractivity contribution in [1.82, 2.24) is 25.4 Å². The van der Waals surface area contributed by atoms with Crippen LogP contribution in [0.25, 0.3) is 0 Å². The summed E-state index contributed by atoms with van der Waals surface area (Å²) in [5.41, 5.74) is 2.88. The number of hydrogen-bond acceptors (Lipinski definition) is 4. The molecule has 0 bridgehead atoms. The Kier molecular flexibility index (Phi) is 4.48. The first kappa shape index (κ1) is 14.7. The van der Waals surface area contributed by atoms with E-state index in [4.69, 9.17) is 0 Å². The predicted molar refractivity (Wildman–Crippen MR) is 83.5 cm³/mol. The summed E-state index contributed by atoms with van der Waals surface area (Å²) in [6, 6.07) is 4.35. The fourth-order valence-electron chi connectivity index (χ4n) is 3.11. The van der Waals surface area contributed by atoms with Gasteiger partial charge >= 0.3 is 0 Å². The Bertz CT molecular complexity index is 624. The van der Waals surface area contributed by atoms with Gasteiger partial charge in [0, 0.05) is 26.0 Å². The van der Waals surface area contributed by atoms with Crippen molar-refractivity contribution in [3.8, 4) is 0 Å². The quantitative estimate of drug-likeness (QED) is 0.878. The van der Waals surface area contributed by atoms with Gasteiger partial charge in [-0.2, -0.15) is 5.10 Å². The molecule has 0 spiro atoms. The van der Waals surface area contributed by atoms with Crippen molar-refractivity contribution >= 4 is 5.91 Å². The molecule has 2 aromatic rings. The molecule has 0 radical (unpaired) electrons. The molecule has 22 heavy (non-hydrogen) atoms. The zero-order chi connectivity index (χ0) is 15.4. The number of nitrogens with one attached hydrogen (secondary N) is 2. The van der Waals surface area contributed by atoms with E-state index >= 15 is 0 Å². The summed E-state index contributed by atoms with van der Waals surface area (Å²) in [4.78, 5) is 18.4. The van der Waals surface area contributed by atoms with Crippen LogP contribution in [0.3, 0.4) is 0 Å². The van der Waals surface area contributed by atoms with E-state index in [1.807, 2.05) is 12.4 Å². The van der Waals surface area contributed by atoms with Crippen molar-refractivity contribution in [3.05, 3.63) is 47.5 Å². The van der Waals surface area contributed by atoms with Gasteiger partial charge in [0.05, 0.1) is 23.5 Å². The Morgan fingerprint density at radius 3 is 3.05 bits per heavy atom. The third-order valence-electron chi connectivity index (χ3n) is 4.27. The van der Waals surface area contributed by atoms with E-state index in [1.54, 1.807) is 13.2 Å². The molecule has 2 N–H and O–H groups in total. The number of amides is 1. The third-order valence-corrected chi connectivity index (χ3v) is 4.27. The van der Waals surface area contributed by atoms with E-state index in [0.29, 0.717) is 5.56 Å². The number of carbonyl (C=O) groups excluding carboxylic acids is 1. The first-order valence-corrected chi connectivity index (χ1v) is 7.68. The summed E-state index contributed by atoms with van der Waals surface area (Å²) in [7, 11) is 1.65. The molecule has 1 atom stereocenters. The van der Waals surface area contributed by atoms with Crippen LogP contribution >= 0.6 is 0 Å². The second-order valence-electron chi connectivity index (χ2n) is 5.58. The Balaban J connectivity index is 1.71. The molecular weight excluding hydrogens is 278 g/mol. The molecule has 1 aliphatic rings. The van der Waals surface area contributed by atoms with Gasteiger partial charge in [-0.1, -0.05) is 0 Å². The van der Waals surface area contributed by atoms with Gasteiger partial charge in [-0.3, -0.25) is 19.8 Å². The van der Waals surface area contributed by atoms with Crippen LogP contribution in [0.5, 0.6) is 0 Å². The number of nitrogens with zero attached hydrogens (tertiary/aromatic N) is 3. The molecular formula is C16H21N5O. The molecule has 1 amide bonds. The Labute approximate surface area is 129 Å². The first-order valence-electron chi connectivity index (χ1n) is 7.68. The molecule has 1 unspecified atom stereocenters. The highest BCUT2D eigenvalue weighted by Crippen LogP contribution is 2.32. The lowest BCUT2D eigenvalue weighted by molar-refractivity contribution is 0.0960. The molecule has 0 aliphatic carbocycles. The Morgan fingerprint density at radius 1 is 1.45 bits per heavy atom. The van der Waals surface area contributed by atoms with E-state index in [2.05, 4.69) is 37.5 Å². The van der Waals surface area contributed by atoms with Crippen molar-refractivity contribution in [2.24, 2.45) is 0 Å². The maximum atomic E-state index is 11.9. The average molecular weight is 299 g/mol. The van der Waals surface area contributed by atoms with E-state index in [0.717, 1.165) is 38.0 Å². The van der Waals surface area contributed by atoms with Crippen molar-refractivity contribution < 1.29 is 4.79 Å². The van der Waals surface area contributed by atoms with Gasteiger partial charge in [0.25, 0.3) is 5.91 Å². The van der Waals surface area contributed by atoms with Gasteiger partial charge in [-0.15, -0.1) is 0 Å². The normalized spacial score (nSPS) is 18.5. The van der Waals surface area contributed by atoms with Crippen molar-refractivity contribution in [2.75, 3.05) is 20.1 Å². The van der Waals surface area contributed by atoms with Crippen LogP contribution in [0.15, 0.2) is 30.7 Å². The van der Waals surface area contributed by atoms with E-state index < -0.39 is 0 Å². The van der Waals surface area contributed by atoms with Crippen LogP contribution in [-0.4, -0.2) is 46.1 Å². The average Bonchev–Trinajstić information content (AvgIpc) is 3.21. The molecule has 3 heterocycles. The van der Waals surface area contributed by atoms with Gasteiger partial charge in [0.1, 0.15) is 0 Å². The van der Waals surface area contributed by atoms with Gasteiger partial charge < -0.3 is 5.32 Å². The summed E-state index contributed by atoms with van der Waals surface area (Å²) < 4.78 is 0. The van der Waals surface area contributed by atoms with E-state index in [9.17, 15) is 4.79 Å². The Morgan fingerprint density at radius 2 is 2.27 bits per heavy atom. The van der Waals surface area contributed by atoms with Crippen LogP contribution in [0.4, 0.5) is 0 Å². The maximum absolute atomic E-state index is 11.9. The van der Waals surface area contributed by atoms with Crippen LogP contribution in [0.2, 0.25) is 0 Å². The molecule has 1 aliphatic heterocycles. The maximum Gasteiger partial charge on any atom is 0.254 e. The number of aromatic amines is 1. The lowest BCUT2D eigenvalue weighted by Crippen LogP contribution is -2.28. The monoisotopic (exact) mass is 299 g/mol. The topological polar surface area (TPSA) is 73.9 Å². The fourth-order valence-corrected chi connectivity index (χ4v) is 3.11. The molecule has 6 heteroatoms. The molecule has 116 valence electrons. The van der Waals surface area contributed by atoms with Crippen molar-refractivity contribution in [1.29, 1.82) is 0 Å². The van der Waals surface area contributed by atoms with Gasteiger partial charge in [0.2, 0.25) is 0 Å². The largest absolute Gasteiger partial charge is 0.355 e. The van der Waals surface area contributed by atoms with E-state index in [-0.39, 0.29) is 11.9 Å². The number of pyridine rings is 1. The predicted octanol–water partition coefficient (Wildman–Crippen LogP) is 1.54. The highest BCUT2D eigenvalue weighted by atomic mass is 16.1. The van der Waals surface area contributed by atoms with Crippen molar-refractivity contribution in [3.63, 3.8) is 0 Å². The summed E-state index contributed by atoms with van der Waals surface area (Å²) in [6.07, 6.45) is 8.47. The van der Waals surface area contributed by atoms with Crippen LogP contribution < -0.4 is 5.32 Å². The zero-order valence-corrected chi connectivity index (χ0v) is 12.7. The Hall–Kier alpha value is -2.21. The summed E-state index contributed by atoms with van der Waals surface area (Å²) in [6.45, 7) is 2.03. The molecule has 1 fully saturated rings. The molecule has 1 saturated heterocycles. The molecule has 0 saturated carbocycles. The molecule has 3 rings (SSSR count). The van der Waals surface area contributed by atoms with Gasteiger partial charge in [-0.05, 0) is 43.5 Å². The summed E-state index contributed by atoms with van der Waals surface area (Å²) in [5.74, 6) is -0.0790. The number of carbonyl (C=O) groups is 1. The third kappa shape index (κ3) is 3.01. The second-order valence-corrected chi connectivity index (χ2v) is 5.58. The van der Waals surface area contributed by atoms with Crippen LogP contribution in [-0.2, 0) is 6.42 Å². The van der Waals surface area contributed by atoms with Crippen LogP contribution in [0.1, 0.15) is 40.5 Å². The number of aromatic nitrogens is 3. The standard InChI is InChI=1S/C16H21N5O/c1-17-16(22)13-11-19-20-15(13)14-3-2-9-21(14)10-6-12-4-7-18-8-5-12/h4-5,7-8,11,14H,2-3,6,9-10H2,1H3,(H,17,22)(H,19,20). The van der Waals surface area contributed by atoms with Gasteiger partial charge in [0.15, 0.2) is 0 Å². The number of hydrogen-bond donors (Lipinski definition) is 2. The minimum atomic E-state index is -0.0790. The number of H-pyrrole nitrogens is 1. The minimum Gasteiger partial charge on any atom is -0.355 e. The lowest BCUT2D eigenvalue weighted by atomic mass is 10.1. The molecule has 2 aromatic heterocycles. The molecule has 0 aromatic carbocycles. The van der Waals surface area contributed by atoms with Crippen LogP contribution in [0, 0.1) is 0 Å². The van der Waals surface area contributed by atoms with E-state index in [1.165, 1.54) is 5.56 Å². The summed E-state index contributed by atoms with van der Waals surface area (Å²) in [5, 5.41) is 9.78. The SMILES string of the molecule is CNC(=O)c1cn[nH]c1C1CCCN1CCc1ccncc1. The lowest BCUT2D eigenvalue weighted by Gasteiger charge is -2.24. The summed E-state index contributed by atoms with van der Waals surface area (Å²) >= 11 is 0. The second kappa shape index (κ2) is 6.70. The highest BCUT2D eigenvalue weighted by Gasteiger charge is 2.30. The zero-order valence-electron chi connectivity index (χ0n) is 12.7. The fraction of sp³-hybridized carbons (Fsp3) is 0.438. The van der Waals surface area contributed by atoms with Gasteiger partial charge in [-0.25, -0.2) is 0 Å². The first-order chi connectivity index (χ1) is 10.8. The smallest absolute Gasteiger partial charge is 0.254 e. The highest BCUT2D eigenvalue weighted by molar-refractivity contribution is 5.95. The number of likely N-dealkylation sites (tertiary alicyclic amines) is 1. The van der Waals surface area contributed by atoms with Crippen molar-refractivity contribution in [2.45, 2.75) is 25.3 Å². The number of rotatable bonds is 5.